The fraction of sp³-hybridized carbons (Fsp3) is 0.417. The molecule has 0 fully saturated rings. The topological polar surface area (TPSA) is 70.0 Å². The van der Waals surface area contributed by atoms with Gasteiger partial charge in [0.25, 0.3) is 0 Å². The zero-order valence-electron chi connectivity index (χ0n) is 9.77. The summed E-state index contributed by atoms with van der Waals surface area (Å²) in [6, 6.07) is 5.52. The van der Waals surface area contributed by atoms with Crippen molar-refractivity contribution >= 4 is 12.4 Å². The summed E-state index contributed by atoms with van der Waals surface area (Å²) in [7, 11) is 0. The molecule has 0 bridgehead atoms. The second-order valence-electron chi connectivity index (χ2n) is 4.48. The third-order valence-electron chi connectivity index (χ3n) is 2.72. The minimum atomic E-state index is -0.555. The summed E-state index contributed by atoms with van der Waals surface area (Å²) in [4.78, 5) is 0. The van der Waals surface area contributed by atoms with Crippen LogP contribution in [-0.2, 0) is 0 Å². The highest BCUT2D eigenvalue weighted by molar-refractivity contribution is 5.85. The van der Waals surface area contributed by atoms with E-state index in [0.717, 1.165) is 0 Å². The quantitative estimate of drug-likeness (QED) is 0.873. The number of aliphatic hydroxyl groups excluding tert-OH is 1. The van der Waals surface area contributed by atoms with Gasteiger partial charge in [-0.05, 0) is 17.7 Å². The van der Waals surface area contributed by atoms with Crippen molar-refractivity contribution in [1.29, 1.82) is 5.26 Å². The first-order valence-corrected chi connectivity index (χ1v) is 4.98. The fourth-order valence-corrected chi connectivity index (χ4v) is 1.37. The average Bonchev–Trinajstić information content (AvgIpc) is 2.28. The molecule has 17 heavy (non-hydrogen) atoms. The lowest BCUT2D eigenvalue weighted by atomic mass is 9.81. The molecule has 0 radical (unpaired) electrons. The minimum absolute atomic E-state index is 0. The predicted molar refractivity (Wildman–Crippen MR) is 66.2 cm³/mol. The van der Waals surface area contributed by atoms with Gasteiger partial charge in [0.05, 0.1) is 5.56 Å². The number of nitrogens with two attached hydrogens (primary N) is 1. The largest absolute Gasteiger partial charge is 0.396 e. The van der Waals surface area contributed by atoms with E-state index in [1.807, 2.05) is 13.8 Å². The summed E-state index contributed by atoms with van der Waals surface area (Å²) in [5, 5.41) is 17.9. The molecular weight excluding hydrogens is 243 g/mol. The first-order chi connectivity index (χ1) is 7.42. The van der Waals surface area contributed by atoms with Crippen LogP contribution in [0.1, 0.15) is 31.0 Å². The Labute approximate surface area is 106 Å². The summed E-state index contributed by atoms with van der Waals surface area (Å²) in [6.07, 6.45) is 0. The van der Waals surface area contributed by atoms with Crippen molar-refractivity contribution in [3.8, 4) is 6.07 Å². The molecule has 3 nitrogen and oxygen atoms in total. The van der Waals surface area contributed by atoms with Crippen LogP contribution in [0.5, 0.6) is 0 Å². The van der Waals surface area contributed by atoms with Crippen molar-refractivity contribution in [3.63, 3.8) is 0 Å². The zero-order valence-corrected chi connectivity index (χ0v) is 10.6. The lowest BCUT2D eigenvalue weighted by molar-refractivity contribution is 0.132. The van der Waals surface area contributed by atoms with Crippen molar-refractivity contribution < 1.29 is 9.50 Å². The van der Waals surface area contributed by atoms with Gasteiger partial charge in [0.1, 0.15) is 11.9 Å². The molecule has 94 valence electrons. The second-order valence-corrected chi connectivity index (χ2v) is 4.48. The highest BCUT2D eigenvalue weighted by Gasteiger charge is 2.27. The van der Waals surface area contributed by atoms with E-state index in [2.05, 4.69) is 0 Å². The molecule has 0 aliphatic rings. The summed E-state index contributed by atoms with van der Waals surface area (Å²) < 4.78 is 13.1. The summed E-state index contributed by atoms with van der Waals surface area (Å²) in [5.41, 5.74) is 6.08. The maximum atomic E-state index is 13.1. The molecule has 0 saturated carbocycles. The van der Waals surface area contributed by atoms with Gasteiger partial charge in [-0.25, -0.2) is 4.39 Å². The molecule has 0 unspecified atom stereocenters. The Hall–Kier alpha value is -1.15. The van der Waals surface area contributed by atoms with Gasteiger partial charge in [0.2, 0.25) is 0 Å². The molecule has 5 heteroatoms. The van der Waals surface area contributed by atoms with Crippen molar-refractivity contribution in [2.24, 2.45) is 11.1 Å². The maximum Gasteiger partial charge on any atom is 0.140 e. The van der Waals surface area contributed by atoms with Crippen LogP contribution in [0, 0.1) is 22.6 Å². The van der Waals surface area contributed by atoms with E-state index in [-0.39, 0.29) is 24.6 Å². The van der Waals surface area contributed by atoms with Gasteiger partial charge in [0, 0.05) is 18.1 Å². The van der Waals surface area contributed by atoms with Crippen LogP contribution in [0.2, 0.25) is 0 Å². The van der Waals surface area contributed by atoms with Crippen LogP contribution in [0.25, 0.3) is 0 Å². The zero-order chi connectivity index (χ0) is 12.3. The maximum absolute atomic E-state index is 13.1. The number of hydrogen-bond acceptors (Lipinski definition) is 3. The Balaban J connectivity index is 0.00000256. The first kappa shape index (κ1) is 15.9. The van der Waals surface area contributed by atoms with Gasteiger partial charge < -0.3 is 10.8 Å². The molecule has 0 aliphatic heterocycles. The van der Waals surface area contributed by atoms with Gasteiger partial charge in [-0.3, -0.25) is 0 Å². The summed E-state index contributed by atoms with van der Waals surface area (Å²) in [6.45, 7) is 3.55. The number of rotatable bonds is 3. The van der Waals surface area contributed by atoms with E-state index in [1.165, 1.54) is 18.2 Å². The first-order valence-electron chi connectivity index (χ1n) is 4.98. The third kappa shape index (κ3) is 3.40. The van der Waals surface area contributed by atoms with Crippen molar-refractivity contribution in [3.05, 3.63) is 35.1 Å². The van der Waals surface area contributed by atoms with E-state index in [4.69, 9.17) is 11.0 Å². The third-order valence-corrected chi connectivity index (χ3v) is 2.72. The van der Waals surface area contributed by atoms with Crippen molar-refractivity contribution in [2.75, 3.05) is 6.61 Å². The molecule has 0 heterocycles. The molecule has 1 aromatic rings. The fourth-order valence-electron chi connectivity index (χ4n) is 1.37. The van der Waals surface area contributed by atoms with Gasteiger partial charge in [-0.1, -0.05) is 19.9 Å². The van der Waals surface area contributed by atoms with Crippen LogP contribution in [0.4, 0.5) is 4.39 Å². The van der Waals surface area contributed by atoms with Gasteiger partial charge in [-0.2, -0.15) is 5.26 Å². The Kier molecular flexibility index (Phi) is 5.56. The highest BCUT2D eigenvalue weighted by atomic mass is 35.5. The SMILES string of the molecule is CC(C)(CO)[C@H](N)c1ccc(F)c(C#N)c1.Cl. The molecule has 1 atom stereocenters. The molecule has 3 N–H and O–H groups in total. The molecule has 1 aromatic carbocycles. The molecular formula is C12H16ClFN2O. The van der Waals surface area contributed by atoms with Crippen LogP contribution >= 0.6 is 12.4 Å². The van der Waals surface area contributed by atoms with E-state index in [9.17, 15) is 9.50 Å². The molecule has 0 spiro atoms. The second kappa shape index (κ2) is 5.97. The standard InChI is InChI=1S/C12H15FN2O.ClH/c1-12(2,7-16)11(15)8-3-4-10(13)9(5-8)6-14;/h3-5,11,16H,7,15H2,1-2H3;1H/t11-;/m1./s1. The molecule has 0 amide bonds. The lowest BCUT2D eigenvalue weighted by Gasteiger charge is -2.29. The summed E-state index contributed by atoms with van der Waals surface area (Å²) >= 11 is 0. The molecule has 0 aromatic heterocycles. The Morgan fingerprint density at radius 2 is 2.12 bits per heavy atom. The van der Waals surface area contributed by atoms with Crippen molar-refractivity contribution in [2.45, 2.75) is 19.9 Å². The number of halogens is 2. The van der Waals surface area contributed by atoms with E-state index >= 15 is 0 Å². The van der Waals surface area contributed by atoms with Crippen LogP contribution < -0.4 is 5.73 Å². The van der Waals surface area contributed by atoms with Crippen LogP contribution in [-0.4, -0.2) is 11.7 Å². The Bertz CT molecular complexity index is 429. The van der Waals surface area contributed by atoms with Gasteiger partial charge in [0.15, 0.2) is 0 Å². The number of aliphatic hydroxyl groups is 1. The van der Waals surface area contributed by atoms with E-state index in [1.54, 1.807) is 6.07 Å². The molecule has 1 rings (SSSR count). The number of nitrogens with zero attached hydrogens (tertiary/aromatic N) is 1. The highest BCUT2D eigenvalue weighted by Crippen LogP contribution is 2.31. The van der Waals surface area contributed by atoms with Crippen LogP contribution in [0.3, 0.4) is 0 Å². The number of nitriles is 1. The summed E-state index contributed by atoms with van der Waals surface area (Å²) in [5.74, 6) is -0.555. The number of hydrogen-bond donors (Lipinski definition) is 2. The Morgan fingerprint density at radius 3 is 2.59 bits per heavy atom. The average molecular weight is 259 g/mol. The molecule has 0 aliphatic carbocycles. The smallest absolute Gasteiger partial charge is 0.140 e. The van der Waals surface area contributed by atoms with E-state index < -0.39 is 17.3 Å². The predicted octanol–water partition coefficient (Wildman–Crippen LogP) is 2.14. The van der Waals surface area contributed by atoms with Gasteiger partial charge >= 0.3 is 0 Å². The minimum Gasteiger partial charge on any atom is -0.396 e. The van der Waals surface area contributed by atoms with Crippen molar-refractivity contribution in [1.82, 2.24) is 0 Å². The monoisotopic (exact) mass is 258 g/mol. The van der Waals surface area contributed by atoms with Crippen LogP contribution in [0.15, 0.2) is 18.2 Å². The number of benzene rings is 1. The molecule has 0 saturated heterocycles. The lowest BCUT2D eigenvalue weighted by Crippen LogP contribution is -2.32. The van der Waals surface area contributed by atoms with E-state index in [0.29, 0.717) is 5.56 Å². The van der Waals surface area contributed by atoms with Gasteiger partial charge in [-0.15, -0.1) is 12.4 Å². The Morgan fingerprint density at radius 1 is 1.53 bits per heavy atom. The normalized spacial score (nSPS) is 12.5.